The molecule has 0 saturated heterocycles. The fourth-order valence-electron chi connectivity index (χ4n) is 3.15. The van der Waals surface area contributed by atoms with Crippen LogP contribution in [0, 0.1) is 13.8 Å². The quantitative estimate of drug-likeness (QED) is 0.718. The van der Waals surface area contributed by atoms with E-state index >= 15 is 0 Å². The number of benzene rings is 2. The third kappa shape index (κ3) is 5.85. The minimum Gasteiger partial charge on any atom is -0.481 e. The Labute approximate surface area is 164 Å². The molecule has 2 aromatic carbocycles. The van der Waals surface area contributed by atoms with Gasteiger partial charge in [-0.25, -0.2) is 0 Å². The maximum Gasteiger partial charge on any atom is 0.261 e. The lowest BCUT2D eigenvalue weighted by atomic mass is 9.86. The maximum absolute atomic E-state index is 12.7. The van der Waals surface area contributed by atoms with Gasteiger partial charge in [-0.3, -0.25) is 4.79 Å². The van der Waals surface area contributed by atoms with Crippen molar-refractivity contribution in [2.45, 2.75) is 72.4 Å². The number of nitrogens with one attached hydrogen (secondary N) is 1. The van der Waals surface area contributed by atoms with Crippen LogP contribution in [0.3, 0.4) is 0 Å². The van der Waals surface area contributed by atoms with E-state index in [1.807, 2.05) is 39.8 Å². The summed E-state index contributed by atoms with van der Waals surface area (Å²) in [6.07, 6.45) is 0.122. The summed E-state index contributed by atoms with van der Waals surface area (Å²) < 4.78 is 5.98. The Morgan fingerprint density at radius 3 is 2.07 bits per heavy atom. The lowest BCUT2D eigenvalue weighted by Crippen LogP contribution is -2.39. The first-order valence-corrected chi connectivity index (χ1v) is 9.76. The van der Waals surface area contributed by atoms with Gasteiger partial charge in [0.2, 0.25) is 0 Å². The molecule has 1 amide bonds. The summed E-state index contributed by atoms with van der Waals surface area (Å²) in [5, 5.41) is 3.09. The van der Waals surface area contributed by atoms with Gasteiger partial charge in [-0.15, -0.1) is 0 Å². The van der Waals surface area contributed by atoms with Gasteiger partial charge in [-0.05, 0) is 67.0 Å². The van der Waals surface area contributed by atoms with Crippen LogP contribution in [0.25, 0.3) is 0 Å². The average molecular weight is 368 g/mol. The van der Waals surface area contributed by atoms with Crippen LogP contribution in [-0.2, 0) is 10.2 Å². The lowest BCUT2D eigenvalue weighted by Gasteiger charge is -2.23. The predicted octanol–water partition coefficient (Wildman–Crippen LogP) is 5.64. The Kier molecular flexibility index (Phi) is 6.69. The number of carbonyl (C=O) groups excluding carboxylic acids is 1. The summed E-state index contributed by atoms with van der Waals surface area (Å²) in [6, 6.07) is 14.4. The second-order valence-corrected chi connectivity index (χ2v) is 8.44. The molecular formula is C24H33NO2. The van der Waals surface area contributed by atoms with Gasteiger partial charge in [-0.1, -0.05) is 58.0 Å². The van der Waals surface area contributed by atoms with Crippen molar-refractivity contribution >= 4 is 5.91 Å². The van der Waals surface area contributed by atoms with Crippen LogP contribution in [0.15, 0.2) is 42.5 Å². The SMILES string of the molecule is CC[C@@H](Oc1cc(C)cc(C)c1)C(=O)N[C@@H](C)c1ccc(C(C)(C)C)cc1. The third-order valence-electron chi connectivity index (χ3n) is 4.77. The normalized spacial score (nSPS) is 13.7. The molecule has 0 spiro atoms. The van der Waals surface area contributed by atoms with Crippen molar-refractivity contribution in [2.24, 2.45) is 0 Å². The molecule has 0 bridgehead atoms. The molecule has 0 heterocycles. The highest BCUT2D eigenvalue weighted by Gasteiger charge is 2.21. The molecule has 3 nitrogen and oxygen atoms in total. The third-order valence-corrected chi connectivity index (χ3v) is 4.77. The van der Waals surface area contributed by atoms with Crippen molar-refractivity contribution in [3.05, 3.63) is 64.7 Å². The zero-order valence-corrected chi connectivity index (χ0v) is 17.7. The summed E-state index contributed by atoms with van der Waals surface area (Å²) in [5.74, 6) is 0.667. The zero-order valence-electron chi connectivity index (χ0n) is 17.7. The zero-order chi connectivity index (χ0) is 20.2. The number of rotatable bonds is 6. The topological polar surface area (TPSA) is 38.3 Å². The van der Waals surface area contributed by atoms with E-state index in [1.165, 1.54) is 5.56 Å². The maximum atomic E-state index is 12.7. The molecule has 0 fully saturated rings. The Morgan fingerprint density at radius 2 is 1.59 bits per heavy atom. The second-order valence-electron chi connectivity index (χ2n) is 8.44. The Morgan fingerprint density at radius 1 is 1.04 bits per heavy atom. The lowest BCUT2D eigenvalue weighted by molar-refractivity contribution is -0.128. The van der Waals surface area contributed by atoms with E-state index in [-0.39, 0.29) is 17.4 Å². The highest BCUT2D eigenvalue weighted by molar-refractivity contribution is 5.81. The molecule has 0 aliphatic heterocycles. The number of amides is 1. The molecule has 0 radical (unpaired) electrons. The van der Waals surface area contributed by atoms with E-state index in [0.717, 1.165) is 22.4 Å². The van der Waals surface area contributed by atoms with Crippen molar-refractivity contribution in [1.82, 2.24) is 5.32 Å². The number of hydrogen-bond acceptors (Lipinski definition) is 2. The fraction of sp³-hybridized carbons (Fsp3) is 0.458. The molecule has 0 aromatic heterocycles. The van der Waals surface area contributed by atoms with Crippen LogP contribution in [0.5, 0.6) is 5.75 Å². The highest BCUT2D eigenvalue weighted by atomic mass is 16.5. The molecule has 27 heavy (non-hydrogen) atoms. The first-order chi connectivity index (χ1) is 12.6. The first kappa shape index (κ1) is 21.0. The monoisotopic (exact) mass is 367 g/mol. The predicted molar refractivity (Wildman–Crippen MR) is 112 cm³/mol. The Bertz CT molecular complexity index is 752. The molecule has 0 saturated carbocycles. The van der Waals surface area contributed by atoms with Gasteiger partial charge in [0.25, 0.3) is 5.91 Å². The average Bonchev–Trinajstić information content (AvgIpc) is 2.58. The minimum atomic E-state index is -0.498. The molecule has 2 aromatic rings. The number of aryl methyl sites for hydroxylation is 2. The van der Waals surface area contributed by atoms with E-state index in [0.29, 0.717) is 6.42 Å². The van der Waals surface area contributed by atoms with Crippen LogP contribution in [-0.4, -0.2) is 12.0 Å². The van der Waals surface area contributed by atoms with E-state index < -0.39 is 6.10 Å². The van der Waals surface area contributed by atoms with Crippen molar-refractivity contribution in [2.75, 3.05) is 0 Å². The molecule has 146 valence electrons. The van der Waals surface area contributed by atoms with Crippen molar-refractivity contribution < 1.29 is 9.53 Å². The van der Waals surface area contributed by atoms with Crippen LogP contribution < -0.4 is 10.1 Å². The number of hydrogen-bond donors (Lipinski definition) is 1. The number of carbonyl (C=O) groups is 1. The van der Waals surface area contributed by atoms with Gasteiger partial charge in [0, 0.05) is 0 Å². The summed E-state index contributed by atoms with van der Waals surface area (Å²) in [5.41, 5.74) is 4.77. The van der Waals surface area contributed by atoms with E-state index in [9.17, 15) is 4.79 Å². The van der Waals surface area contributed by atoms with Gasteiger partial charge in [0.05, 0.1) is 6.04 Å². The largest absolute Gasteiger partial charge is 0.481 e. The van der Waals surface area contributed by atoms with Crippen LogP contribution >= 0.6 is 0 Å². The first-order valence-electron chi connectivity index (χ1n) is 9.76. The van der Waals surface area contributed by atoms with Crippen LogP contribution in [0.2, 0.25) is 0 Å². The summed E-state index contributed by atoms with van der Waals surface area (Å²) in [7, 11) is 0. The summed E-state index contributed by atoms with van der Waals surface area (Å²) in [6.45, 7) is 14.6. The molecule has 2 atom stereocenters. The smallest absolute Gasteiger partial charge is 0.261 e. The Balaban J connectivity index is 2.04. The van der Waals surface area contributed by atoms with Gasteiger partial charge in [0.15, 0.2) is 6.10 Å². The van der Waals surface area contributed by atoms with E-state index in [1.54, 1.807) is 0 Å². The van der Waals surface area contributed by atoms with Gasteiger partial charge >= 0.3 is 0 Å². The fourth-order valence-corrected chi connectivity index (χ4v) is 3.15. The van der Waals surface area contributed by atoms with Crippen LogP contribution in [0.4, 0.5) is 0 Å². The van der Waals surface area contributed by atoms with Crippen molar-refractivity contribution in [3.8, 4) is 5.75 Å². The van der Waals surface area contributed by atoms with E-state index in [2.05, 4.69) is 56.4 Å². The Hall–Kier alpha value is -2.29. The van der Waals surface area contributed by atoms with Crippen LogP contribution in [0.1, 0.15) is 69.3 Å². The van der Waals surface area contributed by atoms with E-state index in [4.69, 9.17) is 4.74 Å². The molecule has 1 N–H and O–H groups in total. The number of ether oxygens (including phenoxy) is 1. The van der Waals surface area contributed by atoms with Crippen molar-refractivity contribution in [3.63, 3.8) is 0 Å². The molecule has 0 aliphatic rings. The standard InChI is InChI=1S/C24H33NO2/c1-8-22(27-21-14-16(2)13-17(3)15-21)23(26)25-18(4)19-9-11-20(12-10-19)24(5,6)7/h9-15,18,22H,8H2,1-7H3,(H,25,26)/t18-,22+/m0/s1. The summed E-state index contributed by atoms with van der Waals surface area (Å²) in [4.78, 5) is 12.7. The highest BCUT2D eigenvalue weighted by Crippen LogP contribution is 2.24. The van der Waals surface area contributed by atoms with Crippen molar-refractivity contribution in [1.29, 1.82) is 0 Å². The second kappa shape index (κ2) is 8.60. The summed E-state index contributed by atoms with van der Waals surface area (Å²) >= 11 is 0. The molecule has 0 aliphatic carbocycles. The van der Waals surface area contributed by atoms with Gasteiger partial charge in [-0.2, -0.15) is 0 Å². The molecule has 0 unspecified atom stereocenters. The van der Waals surface area contributed by atoms with Gasteiger partial charge in [0.1, 0.15) is 5.75 Å². The minimum absolute atomic E-state index is 0.0663. The molecule has 3 heteroatoms. The molecule has 2 rings (SSSR count). The molecular weight excluding hydrogens is 334 g/mol. The van der Waals surface area contributed by atoms with Gasteiger partial charge < -0.3 is 10.1 Å².